The predicted octanol–water partition coefficient (Wildman–Crippen LogP) is 2.51. The van der Waals surface area contributed by atoms with Crippen molar-refractivity contribution in [2.24, 2.45) is 0 Å². The Morgan fingerprint density at radius 2 is 1.40 bits per heavy atom. The van der Waals surface area contributed by atoms with Gasteiger partial charge in [0.25, 0.3) is 0 Å². The summed E-state index contributed by atoms with van der Waals surface area (Å²) in [6, 6.07) is 4.35. The minimum Gasteiger partial charge on any atom is -0.490 e. The van der Waals surface area contributed by atoms with E-state index in [0.29, 0.717) is 0 Å². The van der Waals surface area contributed by atoms with Crippen LogP contribution >= 0.6 is 0 Å². The number of hydrogen-bond donors (Lipinski definition) is 0. The van der Waals surface area contributed by atoms with Crippen LogP contribution in [0.1, 0.15) is 10.4 Å². The summed E-state index contributed by atoms with van der Waals surface area (Å²) >= 11 is 0. The first-order valence-corrected chi connectivity index (χ1v) is 5.98. The molecule has 0 aliphatic heterocycles. The molecule has 1 aromatic rings. The largest absolute Gasteiger partial charge is 0.490 e. The standard InChI is InChI=1S/C13H15F3O4/c14-4-7-18-10-2-1-3-11(19-8-5-15)12(10)13(17)20-9-6-16/h1-3H,4-9H2. The molecule has 4 nitrogen and oxygen atoms in total. The van der Waals surface area contributed by atoms with Crippen molar-refractivity contribution in [1.82, 2.24) is 0 Å². The van der Waals surface area contributed by atoms with Crippen molar-refractivity contribution in [3.63, 3.8) is 0 Å². The second-order valence-corrected chi connectivity index (χ2v) is 3.53. The molecule has 112 valence electrons. The number of ether oxygens (including phenoxy) is 3. The van der Waals surface area contributed by atoms with Gasteiger partial charge in [-0.05, 0) is 12.1 Å². The van der Waals surface area contributed by atoms with Gasteiger partial charge in [0.15, 0.2) is 0 Å². The molecular weight excluding hydrogens is 277 g/mol. The third kappa shape index (κ3) is 4.64. The van der Waals surface area contributed by atoms with E-state index >= 15 is 0 Å². The predicted molar refractivity (Wildman–Crippen MR) is 65.6 cm³/mol. The van der Waals surface area contributed by atoms with Gasteiger partial charge in [-0.15, -0.1) is 0 Å². The van der Waals surface area contributed by atoms with Crippen LogP contribution < -0.4 is 9.47 Å². The molecule has 0 spiro atoms. The third-order valence-corrected chi connectivity index (χ3v) is 2.17. The molecule has 0 atom stereocenters. The maximum absolute atomic E-state index is 12.1. The Labute approximate surface area is 114 Å². The molecule has 0 unspecified atom stereocenters. The average Bonchev–Trinajstić information content (AvgIpc) is 2.48. The van der Waals surface area contributed by atoms with Crippen LogP contribution in [0.25, 0.3) is 0 Å². The quantitative estimate of drug-likeness (QED) is 0.656. The lowest BCUT2D eigenvalue weighted by Gasteiger charge is -2.14. The zero-order valence-electron chi connectivity index (χ0n) is 10.7. The highest BCUT2D eigenvalue weighted by atomic mass is 19.1. The Balaban J connectivity index is 3.00. The van der Waals surface area contributed by atoms with Crippen molar-refractivity contribution in [2.75, 3.05) is 39.8 Å². The number of carbonyl (C=O) groups excluding carboxylic acids is 1. The van der Waals surface area contributed by atoms with Crippen LogP contribution in [-0.2, 0) is 4.74 Å². The van der Waals surface area contributed by atoms with Gasteiger partial charge in [-0.1, -0.05) is 6.07 Å². The van der Waals surface area contributed by atoms with Gasteiger partial charge in [0.05, 0.1) is 0 Å². The van der Waals surface area contributed by atoms with E-state index in [2.05, 4.69) is 4.74 Å². The van der Waals surface area contributed by atoms with Crippen molar-refractivity contribution in [3.05, 3.63) is 23.8 Å². The van der Waals surface area contributed by atoms with E-state index in [1.54, 1.807) is 0 Å². The van der Waals surface area contributed by atoms with Gasteiger partial charge in [0.2, 0.25) is 0 Å². The van der Waals surface area contributed by atoms with E-state index in [4.69, 9.17) is 9.47 Å². The summed E-state index contributed by atoms with van der Waals surface area (Å²) in [6.07, 6.45) is 0. The molecule has 0 aromatic heterocycles. The van der Waals surface area contributed by atoms with Crippen LogP contribution in [0.4, 0.5) is 13.2 Å². The summed E-state index contributed by atoms with van der Waals surface area (Å²) < 4.78 is 51.1. The highest BCUT2D eigenvalue weighted by Gasteiger charge is 2.20. The highest BCUT2D eigenvalue weighted by molar-refractivity contribution is 5.95. The first-order chi connectivity index (χ1) is 9.74. The number of rotatable bonds is 9. The summed E-state index contributed by atoms with van der Waals surface area (Å²) in [4.78, 5) is 11.8. The molecule has 0 heterocycles. The lowest BCUT2D eigenvalue weighted by atomic mass is 10.1. The third-order valence-electron chi connectivity index (χ3n) is 2.17. The Morgan fingerprint density at radius 1 is 0.900 bits per heavy atom. The van der Waals surface area contributed by atoms with Gasteiger partial charge in [-0.3, -0.25) is 0 Å². The molecule has 20 heavy (non-hydrogen) atoms. The smallest absolute Gasteiger partial charge is 0.345 e. The van der Waals surface area contributed by atoms with Crippen LogP contribution in [0.2, 0.25) is 0 Å². The number of alkyl halides is 3. The van der Waals surface area contributed by atoms with Crippen LogP contribution in [0, 0.1) is 0 Å². The van der Waals surface area contributed by atoms with E-state index in [0.717, 1.165) is 0 Å². The molecular formula is C13H15F3O4. The number of carbonyl (C=O) groups is 1. The van der Waals surface area contributed by atoms with Crippen molar-refractivity contribution in [2.45, 2.75) is 0 Å². The fourth-order valence-corrected chi connectivity index (χ4v) is 1.45. The highest BCUT2D eigenvalue weighted by Crippen LogP contribution is 2.29. The van der Waals surface area contributed by atoms with Crippen LogP contribution in [0.5, 0.6) is 11.5 Å². The Morgan fingerprint density at radius 3 is 1.85 bits per heavy atom. The number of hydrogen-bond acceptors (Lipinski definition) is 4. The van der Waals surface area contributed by atoms with Gasteiger partial charge in [0.1, 0.15) is 56.9 Å². The van der Waals surface area contributed by atoms with E-state index in [1.165, 1.54) is 18.2 Å². The van der Waals surface area contributed by atoms with Crippen LogP contribution in [-0.4, -0.2) is 45.8 Å². The number of benzene rings is 1. The minimum absolute atomic E-state index is 0.0443. The molecule has 0 N–H and O–H groups in total. The second-order valence-electron chi connectivity index (χ2n) is 3.53. The van der Waals surface area contributed by atoms with E-state index in [1.807, 2.05) is 0 Å². The Bertz CT molecular complexity index is 400. The molecule has 0 saturated heterocycles. The van der Waals surface area contributed by atoms with Crippen LogP contribution in [0.15, 0.2) is 18.2 Å². The van der Waals surface area contributed by atoms with Gasteiger partial charge < -0.3 is 14.2 Å². The lowest BCUT2D eigenvalue weighted by molar-refractivity contribution is 0.0471. The molecule has 0 bridgehead atoms. The van der Waals surface area contributed by atoms with Gasteiger partial charge in [0, 0.05) is 0 Å². The van der Waals surface area contributed by atoms with Crippen molar-refractivity contribution < 1.29 is 32.2 Å². The Kier molecular flexibility index (Phi) is 7.31. The average molecular weight is 292 g/mol. The Hall–Kier alpha value is -1.92. The van der Waals surface area contributed by atoms with E-state index in [-0.39, 0.29) is 30.3 Å². The summed E-state index contributed by atoms with van der Waals surface area (Å²) in [5.41, 5.74) is -0.108. The zero-order chi connectivity index (χ0) is 14.8. The van der Waals surface area contributed by atoms with Crippen molar-refractivity contribution in [1.29, 1.82) is 0 Å². The molecule has 0 amide bonds. The molecule has 0 radical (unpaired) electrons. The summed E-state index contributed by atoms with van der Waals surface area (Å²) in [5, 5.41) is 0. The number of esters is 1. The van der Waals surface area contributed by atoms with Gasteiger partial charge in [-0.25, -0.2) is 18.0 Å². The first-order valence-electron chi connectivity index (χ1n) is 5.98. The maximum atomic E-state index is 12.1. The fourth-order valence-electron chi connectivity index (χ4n) is 1.45. The SMILES string of the molecule is O=C(OCCF)c1c(OCCF)cccc1OCCF. The minimum atomic E-state index is -0.869. The molecule has 0 saturated carbocycles. The molecule has 1 aromatic carbocycles. The molecule has 0 fully saturated rings. The fraction of sp³-hybridized carbons (Fsp3) is 0.462. The monoisotopic (exact) mass is 292 g/mol. The maximum Gasteiger partial charge on any atom is 0.345 e. The van der Waals surface area contributed by atoms with Crippen LogP contribution in [0.3, 0.4) is 0 Å². The normalized spacial score (nSPS) is 10.2. The molecule has 7 heteroatoms. The van der Waals surface area contributed by atoms with E-state index < -0.39 is 32.6 Å². The van der Waals surface area contributed by atoms with Gasteiger partial charge >= 0.3 is 5.97 Å². The second kappa shape index (κ2) is 9.06. The lowest BCUT2D eigenvalue weighted by Crippen LogP contribution is -2.13. The van der Waals surface area contributed by atoms with E-state index in [9.17, 15) is 18.0 Å². The molecule has 1 rings (SSSR count). The summed E-state index contributed by atoms with van der Waals surface area (Å²) in [7, 11) is 0. The topological polar surface area (TPSA) is 44.8 Å². The summed E-state index contributed by atoms with van der Waals surface area (Å²) in [6.45, 7) is -3.24. The summed E-state index contributed by atoms with van der Waals surface area (Å²) in [5.74, 6) is -0.781. The van der Waals surface area contributed by atoms with Gasteiger partial charge in [-0.2, -0.15) is 0 Å². The zero-order valence-corrected chi connectivity index (χ0v) is 10.7. The van der Waals surface area contributed by atoms with Crippen molar-refractivity contribution >= 4 is 5.97 Å². The van der Waals surface area contributed by atoms with Crippen molar-refractivity contribution in [3.8, 4) is 11.5 Å². The molecule has 0 aliphatic rings. The number of halogens is 3. The first kappa shape index (κ1) is 16.1. The molecule has 0 aliphatic carbocycles.